The van der Waals surface area contributed by atoms with Crippen LogP contribution in [-0.2, 0) is 6.54 Å². The first kappa shape index (κ1) is 16.8. The van der Waals surface area contributed by atoms with Gasteiger partial charge in [0.15, 0.2) is 0 Å². The lowest BCUT2D eigenvalue weighted by Crippen LogP contribution is -2.31. The third-order valence-electron chi connectivity index (χ3n) is 3.93. The number of aryl methyl sites for hydroxylation is 1. The lowest BCUT2D eigenvalue weighted by molar-refractivity contribution is 0.0984. The number of nitrogens with zero attached hydrogens (tertiary/aromatic N) is 1. The van der Waals surface area contributed by atoms with Crippen LogP contribution >= 0.6 is 0 Å². The average Bonchev–Trinajstić information content (AvgIpc) is 2.61. The van der Waals surface area contributed by atoms with Gasteiger partial charge in [-0.1, -0.05) is 48.0 Å². The molecule has 2 nitrogen and oxygen atoms in total. The van der Waals surface area contributed by atoms with Crippen molar-refractivity contribution in [3.8, 4) is 0 Å². The molecule has 1 amide bonds. The highest BCUT2D eigenvalue weighted by atomic mass is 19.1. The highest BCUT2D eigenvalue weighted by Gasteiger charge is 2.21. The maximum absolute atomic E-state index is 14.3. The molecule has 25 heavy (non-hydrogen) atoms. The highest BCUT2D eigenvalue weighted by Crippen LogP contribution is 2.24. The minimum absolute atomic E-state index is 0.0517. The van der Waals surface area contributed by atoms with Crippen LogP contribution in [0.25, 0.3) is 0 Å². The lowest BCUT2D eigenvalue weighted by atomic mass is 10.1. The van der Waals surface area contributed by atoms with Crippen LogP contribution in [0.3, 0.4) is 0 Å². The first-order chi connectivity index (χ1) is 12.0. The summed E-state index contributed by atoms with van der Waals surface area (Å²) in [6.07, 6.45) is 0. The highest BCUT2D eigenvalue weighted by molar-refractivity contribution is 6.06. The molecule has 0 heterocycles. The Morgan fingerprint density at radius 3 is 2.24 bits per heavy atom. The quantitative estimate of drug-likeness (QED) is 0.647. The molecule has 0 bridgehead atoms. The van der Waals surface area contributed by atoms with Gasteiger partial charge < -0.3 is 4.90 Å². The molecule has 3 rings (SSSR count). The Labute approximate surface area is 145 Å². The van der Waals surface area contributed by atoms with E-state index >= 15 is 0 Å². The van der Waals surface area contributed by atoms with Gasteiger partial charge in [0.05, 0.1) is 12.2 Å². The predicted molar refractivity (Wildman–Crippen MR) is 94.5 cm³/mol. The summed E-state index contributed by atoms with van der Waals surface area (Å²) in [5, 5.41) is 0. The molecule has 4 heteroatoms. The van der Waals surface area contributed by atoms with Crippen LogP contribution in [0.5, 0.6) is 0 Å². The van der Waals surface area contributed by atoms with Crippen molar-refractivity contribution >= 4 is 11.6 Å². The number of anilines is 1. The molecule has 0 spiro atoms. The summed E-state index contributed by atoms with van der Waals surface area (Å²) in [4.78, 5) is 14.3. The van der Waals surface area contributed by atoms with Gasteiger partial charge in [0.1, 0.15) is 11.6 Å². The third kappa shape index (κ3) is 3.91. The van der Waals surface area contributed by atoms with E-state index < -0.39 is 11.6 Å². The molecule has 126 valence electrons. The zero-order chi connectivity index (χ0) is 17.8. The van der Waals surface area contributed by atoms with E-state index in [0.29, 0.717) is 5.56 Å². The molecule has 0 aliphatic heterocycles. The van der Waals surface area contributed by atoms with E-state index in [1.807, 2.05) is 49.4 Å². The van der Waals surface area contributed by atoms with Gasteiger partial charge in [0, 0.05) is 11.6 Å². The van der Waals surface area contributed by atoms with Gasteiger partial charge in [-0.15, -0.1) is 0 Å². The monoisotopic (exact) mass is 337 g/mol. The topological polar surface area (TPSA) is 20.3 Å². The zero-order valence-corrected chi connectivity index (χ0v) is 13.7. The van der Waals surface area contributed by atoms with Gasteiger partial charge in [-0.3, -0.25) is 4.79 Å². The van der Waals surface area contributed by atoms with Crippen LogP contribution in [0.15, 0.2) is 72.8 Å². The van der Waals surface area contributed by atoms with E-state index in [2.05, 4.69) is 0 Å². The zero-order valence-electron chi connectivity index (χ0n) is 13.7. The number of amides is 1. The number of hydrogen-bond acceptors (Lipinski definition) is 1. The van der Waals surface area contributed by atoms with Crippen molar-refractivity contribution in [2.75, 3.05) is 4.90 Å². The Morgan fingerprint density at radius 1 is 0.920 bits per heavy atom. The summed E-state index contributed by atoms with van der Waals surface area (Å²) in [7, 11) is 0. The summed E-state index contributed by atoms with van der Waals surface area (Å²) < 4.78 is 27.6. The normalized spacial score (nSPS) is 10.5. The molecule has 0 aromatic heterocycles. The molecule has 0 saturated carbocycles. The van der Waals surface area contributed by atoms with Crippen LogP contribution in [0.4, 0.5) is 14.5 Å². The molecular weight excluding hydrogens is 320 g/mol. The summed E-state index contributed by atoms with van der Waals surface area (Å²) >= 11 is 0. The Morgan fingerprint density at radius 2 is 1.60 bits per heavy atom. The number of benzene rings is 3. The number of hydrogen-bond donors (Lipinski definition) is 0. The minimum atomic E-state index is -0.767. The Bertz CT molecular complexity index is 876. The van der Waals surface area contributed by atoms with E-state index in [-0.39, 0.29) is 18.1 Å². The van der Waals surface area contributed by atoms with E-state index in [4.69, 9.17) is 0 Å². The smallest absolute Gasteiger partial charge is 0.258 e. The van der Waals surface area contributed by atoms with E-state index in [1.165, 1.54) is 11.0 Å². The Balaban J connectivity index is 2.01. The van der Waals surface area contributed by atoms with Gasteiger partial charge in [-0.05, 0) is 36.8 Å². The van der Waals surface area contributed by atoms with Crippen molar-refractivity contribution in [2.45, 2.75) is 13.5 Å². The molecule has 3 aromatic rings. The molecular formula is C21H17F2NO. The molecule has 0 N–H and O–H groups in total. The van der Waals surface area contributed by atoms with Crippen molar-refractivity contribution in [1.29, 1.82) is 0 Å². The van der Waals surface area contributed by atoms with Crippen molar-refractivity contribution < 1.29 is 13.6 Å². The van der Waals surface area contributed by atoms with Gasteiger partial charge in [-0.25, -0.2) is 8.78 Å². The fourth-order valence-corrected chi connectivity index (χ4v) is 2.58. The molecule has 0 aliphatic rings. The van der Waals surface area contributed by atoms with Crippen LogP contribution in [0, 0.1) is 18.6 Å². The number of carbonyl (C=O) groups excluding carboxylic acids is 1. The largest absolute Gasteiger partial charge is 0.301 e. The molecule has 0 unspecified atom stereocenters. The van der Waals surface area contributed by atoms with Crippen LogP contribution in [0.1, 0.15) is 21.5 Å². The second-order valence-corrected chi connectivity index (χ2v) is 5.84. The average molecular weight is 337 g/mol. The third-order valence-corrected chi connectivity index (χ3v) is 3.93. The number of rotatable bonds is 4. The second-order valence-electron chi connectivity index (χ2n) is 5.84. The molecule has 0 saturated heterocycles. The van der Waals surface area contributed by atoms with Crippen LogP contribution in [-0.4, -0.2) is 5.91 Å². The van der Waals surface area contributed by atoms with Crippen molar-refractivity contribution in [1.82, 2.24) is 0 Å². The molecule has 3 aromatic carbocycles. The molecule has 0 atom stereocenters. The molecule has 0 radical (unpaired) electrons. The summed E-state index contributed by atoms with van der Waals surface area (Å²) in [6, 6.07) is 19.6. The number of halogens is 2. The SMILES string of the molecule is Cc1ccc(C(=O)N(Cc2ccccc2)c2ccc(F)cc2F)cc1. The van der Waals surface area contributed by atoms with Crippen molar-refractivity contribution in [2.24, 2.45) is 0 Å². The van der Waals surface area contributed by atoms with Gasteiger partial charge in [-0.2, -0.15) is 0 Å². The van der Waals surface area contributed by atoms with E-state index in [9.17, 15) is 13.6 Å². The maximum Gasteiger partial charge on any atom is 0.258 e. The second kappa shape index (κ2) is 7.26. The van der Waals surface area contributed by atoms with Gasteiger partial charge in [0.2, 0.25) is 0 Å². The van der Waals surface area contributed by atoms with Crippen molar-refractivity contribution in [3.05, 3.63) is 101 Å². The molecule has 0 aliphatic carbocycles. The summed E-state index contributed by atoms with van der Waals surface area (Å²) in [5.74, 6) is -1.78. The summed E-state index contributed by atoms with van der Waals surface area (Å²) in [5.41, 5.74) is 2.38. The van der Waals surface area contributed by atoms with E-state index in [0.717, 1.165) is 23.3 Å². The lowest BCUT2D eigenvalue weighted by Gasteiger charge is -2.24. The van der Waals surface area contributed by atoms with Crippen LogP contribution < -0.4 is 4.90 Å². The van der Waals surface area contributed by atoms with Gasteiger partial charge >= 0.3 is 0 Å². The van der Waals surface area contributed by atoms with E-state index in [1.54, 1.807) is 12.1 Å². The van der Waals surface area contributed by atoms with Crippen molar-refractivity contribution in [3.63, 3.8) is 0 Å². The standard InChI is InChI=1S/C21H17F2NO/c1-15-7-9-17(10-8-15)21(25)24(14-16-5-3-2-4-6-16)20-12-11-18(22)13-19(20)23/h2-13H,14H2,1H3. The fraction of sp³-hybridized carbons (Fsp3) is 0.0952. The number of carbonyl (C=O) groups is 1. The van der Waals surface area contributed by atoms with Crippen LogP contribution in [0.2, 0.25) is 0 Å². The first-order valence-corrected chi connectivity index (χ1v) is 7.92. The van der Waals surface area contributed by atoms with Gasteiger partial charge in [0.25, 0.3) is 5.91 Å². The maximum atomic E-state index is 14.3. The Kier molecular flexibility index (Phi) is 4.89. The fourth-order valence-electron chi connectivity index (χ4n) is 2.58. The Hall–Kier alpha value is -3.01. The first-order valence-electron chi connectivity index (χ1n) is 7.92. The predicted octanol–water partition coefficient (Wildman–Crippen LogP) is 5.12. The minimum Gasteiger partial charge on any atom is -0.301 e. The molecule has 0 fully saturated rings. The summed E-state index contributed by atoms with van der Waals surface area (Å²) in [6.45, 7) is 2.12.